The molecule has 2 nitrogen and oxygen atoms in total. The lowest BCUT2D eigenvalue weighted by atomic mass is 10.2. The molecule has 0 aliphatic carbocycles. The summed E-state index contributed by atoms with van der Waals surface area (Å²) in [6.07, 6.45) is 0. The zero-order valence-corrected chi connectivity index (χ0v) is 11.7. The highest BCUT2D eigenvalue weighted by Crippen LogP contribution is 2.13. The highest BCUT2D eigenvalue weighted by Gasteiger charge is 2.06. The van der Waals surface area contributed by atoms with E-state index in [1.54, 1.807) is 7.11 Å². The third-order valence-corrected chi connectivity index (χ3v) is 4.46. The predicted molar refractivity (Wildman–Crippen MR) is 75.3 cm³/mol. The Labute approximate surface area is 105 Å². The minimum atomic E-state index is -0.597. The fourth-order valence-electron chi connectivity index (χ4n) is 1.72. The van der Waals surface area contributed by atoms with E-state index >= 15 is 0 Å². The molecule has 0 fully saturated rings. The van der Waals surface area contributed by atoms with E-state index in [1.807, 2.05) is 10.8 Å². The van der Waals surface area contributed by atoms with Gasteiger partial charge in [0.15, 0.2) is 9.68 Å². The molecule has 17 heavy (non-hydrogen) atoms. The van der Waals surface area contributed by atoms with E-state index in [2.05, 4.69) is 55.5 Å². The summed E-state index contributed by atoms with van der Waals surface area (Å²) in [6, 6.07) is 18.9. The van der Waals surface area contributed by atoms with Crippen LogP contribution in [0.25, 0.3) is 0 Å². The first-order valence-electron chi connectivity index (χ1n) is 5.72. The van der Waals surface area contributed by atoms with Crippen LogP contribution in [0.4, 0.5) is 5.69 Å². The van der Waals surface area contributed by atoms with Gasteiger partial charge in [0, 0.05) is 0 Å². The van der Waals surface area contributed by atoms with Gasteiger partial charge in [0.25, 0.3) is 0 Å². The molecule has 0 saturated heterocycles. The van der Waals surface area contributed by atoms with Crippen molar-refractivity contribution in [2.75, 3.05) is 11.8 Å². The normalized spacial score (nSPS) is 10.9. The number of hydrogen-bond acceptors (Lipinski definition) is 2. The summed E-state index contributed by atoms with van der Waals surface area (Å²) in [5.74, 6) is 0. The molecule has 0 saturated carbocycles. The first kappa shape index (κ1) is 11.9. The summed E-state index contributed by atoms with van der Waals surface area (Å²) in [6.45, 7) is 2.09. The molecule has 0 N–H and O–H groups in total. The van der Waals surface area contributed by atoms with Crippen molar-refractivity contribution in [2.24, 2.45) is 0 Å². The summed E-state index contributed by atoms with van der Waals surface area (Å²) in [5, 5.41) is 1.37. The standard InChI is InChI=1S/C14H17NOSi/c1-12-8-10-13(11-9-12)15(16-2)17-14-6-4-3-5-7-14/h3-11H,17H2,1-2H3. The maximum Gasteiger partial charge on any atom is 0.191 e. The fourth-order valence-corrected chi connectivity index (χ4v) is 3.06. The molecule has 2 aromatic rings. The lowest BCUT2D eigenvalue weighted by molar-refractivity contribution is 0.218. The molecule has 2 rings (SSSR count). The second kappa shape index (κ2) is 5.66. The van der Waals surface area contributed by atoms with Crippen LogP contribution >= 0.6 is 0 Å². The molecule has 0 unspecified atom stereocenters. The van der Waals surface area contributed by atoms with Crippen LogP contribution in [0, 0.1) is 6.92 Å². The Morgan fingerprint density at radius 2 is 1.59 bits per heavy atom. The number of benzene rings is 2. The van der Waals surface area contributed by atoms with Crippen molar-refractivity contribution in [1.82, 2.24) is 0 Å². The van der Waals surface area contributed by atoms with Crippen molar-refractivity contribution in [1.29, 1.82) is 0 Å². The zero-order valence-electron chi connectivity index (χ0n) is 10.3. The van der Waals surface area contributed by atoms with Gasteiger partial charge in [-0.2, -0.15) is 0 Å². The van der Waals surface area contributed by atoms with E-state index in [0.717, 1.165) is 5.69 Å². The Morgan fingerprint density at radius 3 is 2.18 bits per heavy atom. The molecule has 0 atom stereocenters. The summed E-state index contributed by atoms with van der Waals surface area (Å²) in [4.78, 5) is 5.48. The SMILES string of the molecule is CON([SiH2]c1ccccc1)c1ccc(C)cc1. The van der Waals surface area contributed by atoms with Crippen LogP contribution in [0.5, 0.6) is 0 Å². The molecule has 0 bridgehead atoms. The van der Waals surface area contributed by atoms with Crippen LogP contribution in [0.2, 0.25) is 0 Å². The van der Waals surface area contributed by atoms with Crippen LogP contribution < -0.4 is 9.92 Å². The van der Waals surface area contributed by atoms with Gasteiger partial charge in [-0.1, -0.05) is 48.0 Å². The Hall–Kier alpha value is -1.58. The van der Waals surface area contributed by atoms with Crippen molar-refractivity contribution in [2.45, 2.75) is 6.92 Å². The van der Waals surface area contributed by atoms with Crippen molar-refractivity contribution in [3.63, 3.8) is 0 Å². The number of hydrogen-bond donors (Lipinski definition) is 0. The highest BCUT2D eigenvalue weighted by atomic mass is 28.2. The largest absolute Gasteiger partial charge is 0.287 e. The Bertz CT molecular complexity index is 455. The summed E-state index contributed by atoms with van der Waals surface area (Å²) in [7, 11) is 1.14. The molecular formula is C14H17NOSi. The van der Waals surface area contributed by atoms with Crippen LogP contribution in [-0.4, -0.2) is 16.8 Å². The number of nitrogens with zero attached hydrogens (tertiary/aromatic N) is 1. The molecule has 0 spiro atoms. The monoisotopic (exact) mass is 243 g/mol. The first-order chi connectivity index (χ1) is 8.29. The van der Waals surface area contributed by atoms with Gasteiger partial charge in [-0.15, -0.1) is 0 Å². The Balaban J connectivity index is 2.14. The van der Waals surface area contributed by atoms with E-state index in [1.165, 1.54) is 10.8 Å². The summed E-state index contributed by atoms with van der Waals surface area (Å²) >= 11 is 0. The Morgan fingerprint density at radius 1 is 0.941 bits per heavy atom. The maximum absolute atomic E-state index is 5.48. The summed E-state index contributed by atoms with van der Waals surface area (Å²) in [5.41, 5.74) is 2.40. The molecule has 3 heteroatoms. The van der Waals surface area contributed by atoms with Crippen LogP contribution in [0.15, 0.2) is 54.6 Å². The number of aryl methyl sites for hydroxylation is 1. The molecule has 0 aliphatic heterocycles. The summed E-state index contributed by atoms with van der Waals surface area (Å²) < 4.78 is 2.02. The van der Waals surface area contributed by atoms with Gasteiger partial charge in [-0.05, 0) is 24.2 Å². The van der Waals surface area contributed by atoms with Crippen LogP contribution in [-0.2, 0) is 4.84 Å². The van der Waals surface area contributed by atoms with Gasteiger partial charge in [0.05, 0.1) is 12.8 Å². The van der Waals surface area contributed by atoms with Gasteiger partial charge >= 0.3 is 0 Å². The van der Waals surface area contributed by atoms with Crippen LogP contribution in [0.1, 0.15) is 5.56 Å². The zero-order chi connectivity index (χ0) is 12.1. The van der Waals surface area contributed by atoms with E-state index in [4.69, 9.17) is 4.84 Å². The average Bonchev–Trinajstić information content (AvgIpc) is 2.38. The smallest absolute Gasteiger partial charge is 0.191 e. The third-order valence-electron chi connectivity index (χ3n) is 2.71. The van der Waals surface area contributed by atoms with Crippen molar-refractivity contribution < 1.29 is 4.84 Å². The van der Waals surface area contributed by atoms with Crippen molar-refractivity contribution >= 4 is 20.6 Å². The molecular weight excluding hydrogens is 226 g/mol. The van der Waals surface area contributed by atoms with Gasteiger partial charge < -0.3 is 0 Å². The molecule has 0 heterocycles. The lowest BCUT2D eigenvalue weighted by Crippen LogP contribution is -2.35. The molecule has 88 valence electrons. The average molecular weight is 243 g/mol. The topological polar surface area (TPSA) is 12.5 Å². The lowest BCUT2D eigenvalue weighted by Gasteiger charge is -2.22. The third kappa shape index (κ3) is 3.19. The number of anilines is 1. The fraction of sp³-hybridized carbons (Fsp3) is 0.143. The number of rotatable bonds is 4. The molecule has 0 aromatic heterocycles. The highest BCUT2D eigenvalue weighted by molar-refractivity contribution is 6.56. The molecule has 2 aromatic carbocycles. The van der Waals surface area contributed by atoms with E-state index < -0.39 is 9.68 Å². The predicted octanol–water partition coefficient (Wildman–Crippen LogP) is 1.77. The van der Waals surface area contributed by atoms with Gasteiger partial charge in [-0.3, -0.25) is 9.57 Å². The van der Waals surface area contributed by atoms with Gasteiger partial charge in [0.2, 0.25) is 0 Å². The first-order valence-corrected chi connectivity index (χ1v) is 7.06. The van der Waals surface area contributed by atoms with Gasteiger partial charge in [0.1, 0.15) is 0 Å². The Kier molecular flexibility index (Phi) is 3.96. The second-order valence-corrected chi connectivity index (χ2v) is 5.75. The minimum absolute atomic E-state index is 0.597. The van der Waals surface area contributed by atoms with E-state index in [0.29, 0.717) is 0 Å². The van der Waals surface area contributed by atoms with Crippen molar-refractivity contribution in [3.05, 3.63) is 60.2 Å². The second-order valence-electron chi connectivity index (χ2n) is 4.04. The van der Waals surface area contributed by atoms with Gasteiger partial charge in [-0.25, -0.2) is 0 Å². The van der Waals surface area contributed by atoms with Crippen LogP contribution in [0.3, 0.4) is 0 Å². The maximum atomic E-state index is 5.48. The van der Waals surface area contributed by atoms with Crippen molar-refractivity contribution in [3.8, 4) is 0 Å². The van der Waals surface area contributed by atoms with E-state index in [9.17, 15) is 0 Å². The molecule has 0 amide bonds. The quantitative estimate of drug-likeness (QED) is 0.599. The minimum Gasteiger partial charge on any atom is -0.287 e. The van der Waals surface area contributed by atoms with E-state index in [-0.39, 0.29) is 0 Å². The molecule has 0 radical (unpaired) electrons. The molecule has 0 aliphatic rings.